The van der Waals surface area contributed by atoms with E-state index >= 15 is 0 Å². The van der Waals surface area contributed by atoms with Crippen LogP contribution in [0, 0.1) is 5.92 Å². The van der Waals surface area contributed by atoms with Crippen LogP contribution in [0.4, 0.5) is 0 Å². The molecule has 106 valence electrons. The molecular formula is C14H28N2O2. The van der Waals surface area contributed by atoms with Crippen molar-refractivity contribution in [1.29, 1.82) is 0 Å². The Kier molecular flexibility index (Phi) is 4.92. The van der Waals surface area contributed by atoms with Crippen LogP contribution in [0.15, 0.2) is 0 Å². The first-order valence-corrected chi connectivity index (χ1v) is 6.75. The van der Waals surface area contributed by atoms with E-state index in [2.05, 4.69) is 25.7 Å². The first kappa shape index (κ1) is 15.6. The minimum atomic E-state index is -0.737. The Balaban J connectivity index is 2.63. The number of carbonyl (C=O) groups is 1. The highest BCUT2D eigenvalue weighted by atomic mass is 16.5. The predicted molar refractivity (Wildman–Crippen MR) is 73.5 cm³/mol. The van der Waals surface area contributed by atoms with Gasteiger partial charge in [0.1, 0.15) is 0 Å². The summed E-state index contributed by atoms with van der Waals surface area (Å²) in [5, 5.41) is 0. The third-order valence-corrected chi connectivity index (χ3v) is 3.48. The number of ketones is 1. The summed E-state index contributed by atoms with van der Waals surface area (Å²) >= 11 is 0. The van der Waals surface area contributed by atoms with E-state index in [0.29, 0.717) is 13.0 Å². The summed E-state index contributed by atoms with van der Waals surface area (Å²) in [6.07, 6.45) is 0.510. The third kappa shape index (κ3) is 4.67. The van der Waals surface area contributed by atoms with Crippen molar-refractivity contribution in [2.24, 2.45) is 11.7 Å². The van der Waals surface area contributed by atoms with Gasteiger partial charge in [0.15, 0.2) is 5.78 Å². The predicted octanol–water partition coefficient (Wildman–Crippen LogP) is 1.43. The van der Waals surface area contributed by atoms with E-state index in [-0.39, 0.29) is 17.2 Å². The van der Waals surface area contributed by atoms with Crippen molar-refractivity contribution in [3.63, 3.8) is 0 Å². The van der Waals surface area contributed by atoms with Gasteiger partial charge in [0, 0.05) is 31.0 Å². The molecule has 0 aliphatic carbocycles. The zero-order chi connectivity index (χ0) is 14.0. The zero-order valence-corrected chi connectivity index (χ0v) is 12.5. The number of Topliss-reactive ketones (excluding diaryl/α,β-unsaturated/α-hetero) is 1. The molecule has 0 spiro atoms. The van der Waals surface area contributed by atoms with Gasteiger partial charge in [-0.1, -0.05) is 0 Å². The van der Waals surface area contributed by atoms with Crippen LogP contribution >= 0.6 is 0 Å². The Bertz CT molecular complexity index is 289. The van der Waals surface area contributed by atoms with E-state index in [0.717, 1.165) is 19.7 Å². The van der Waals surface area contributed by atoms with Crippen molar-refractivity contribution in [2.45, 2.75) is 52.1 Å². The number of rotatable bonds is 3. The van der Waals surface area contributed by atoms with E-state index in [1.54, 1.807) is 13.8 Å². The van der Waals surface area contributed by atoms with E-state index in [9.17, 15) is 4.79 Å². The van der Waals surface area contributed by atoms with Crippen molar-refractivity contribution in [3.8, 4) is 0 Å². The normalized spacial score (nSPS) is 23.8. The van der Waals surface area contributed by atoms with Gasteiger partial charge in [0.05, 0.1) is 18.8 Å². The average Bonchev–Trinajstić information content (AvgIpc) is 2.40. The number of nitrogens with zero attached hydrogens (tertiary/aromatic N) is 1. The summed E-state index contributed by atoms with van der Waals surface area (Å²) < 4.78 is 5.61. The second kappa shape index (κ2) is 5.68. The molecule has 0 radical (unpaired) electrons. The lowest BCUT2D eigenvalue weighted by atomic mass is 9.91. The molecule has 1 saturated heterocycles. The highest BCUT2D eigenvalue weighted by Crippen LogP contribution is 2.21. The smallest absolute Gasteiger partial charge is 0.152 e. The van der Waals surface area contributed by atoms with Crippen LogP contribution in [-0.4, -0.2) is 48.1 Å². The summed E-state index contributed by atoms with van der Waals surface area (Å²) in [6.45, 7) is 13.4. The van der Waals surface area contributed by atoms with Gasteiger partial charge in [0.2, 0.25) is 0 Å². The standard InChI is InChI=1S/C14H28N2O2/c1-13(2,3)16-6-7-18-10-11(9-16)8-12(17)14(4,5)15/h11H,6-10,15H2,1-5H3. The fraction of sp³-hybridized carbons (Fsp3) is 0.929. The van der Waals surface area contributed by atoms with Gasteiger partial charge in [-0.15, -0.1) is 0 Å². The monoisotopic (exact) mass is 256 g/mol. The first-order valence-electron chi connectivity index (χ1n) is 6.75. The summed E-state index contributed by atoms with van der Waals surface area (Å²) in [5.41, 5.74) is 5.23. The topological polar surface area (TPSA) is 55.6 Å². The maximum atomic E-state index is 12.0. The summed E-state index contributed by atoms with van der Waals surface area (Å²) in [5.74, 6) is 0.369. The van der Waals surface area contributed by atoms with Crippen LogP contribution in [0.2, 0.25) is 0 Å². The fourth-order valence-corrected chi connectivity index (χ4v) is 2.14. The van der Waals surface area contributed by atoms with Crippen molar-refractivity contribution in [2.75, 3.05) is 26.3 Å². The van der Waals surface area contributed by atoms with E-state index in [1.165, 1.54) is 0 Å². The number of nitrogens with two attached hydrogens (primary N) is 1. The van der Waals surface area contributed by atoms with Crippen LogP contribution in [0.1, 0.15) is 41.0 Å². The van der Waals surface area contributed by atoms with Gasteiger partial charge < -0.3 is 10.5 Å². The molecule has 1 unspecified atom stereocenters. The molecule has 2 N–H and O–H groups in total. The summed E-state index contributed by atoms with van der Waals surface area (Å²) in [6, 6.07) is 0. The number of hydrogen-bond donors (Lipinski definition) is 1. The van der Waals surface area contributed by atoms with Gasteiger partial charge >= 0.3 is 0 Å². The molecule has 4 heteroatoms. The molecule has 1 fully saturated rings. The molecule has 1 heterocycles. The van der Waals surface area contributed by atoms with E-state index in [1.807, 2.05) is 0 Å². The Morgan fingerprint density at radius 1 is 1.33 bits per heavy atom. The van der Waals surface area contributed by atoms with Gasteiger partial charge in [-0.05, 0) is 34.6 Å². The van der Waals surface area contributed by atoms with Crippen molar-refractivity contribution in [1.82, 2.24) is 4.90 Å². The molecule has 4 nitrogen and oxygen atoms in total. The molecule has 18 heavy (non-hydrogen) atoms. The molecule has 0 aromatic heterocycles. The first-order chi connectivity index (χ1) is 8.10. The van der Waals surface area contributed by atoms with Crippen molar-refractivity contribution < 1.29 is 9.53 Å². The molecule has 0 bridgehead atoms. The molecule has 0 saturated carbocycles. The highest BCUT2D eigenvalue weighted by Gasteiger charge is 2.30. The van der Waals surface area contributed by atoms with Crippen LogP contribution in [0.25, 0.3) is 0 Å². The average molecular weight is 256 g/mol. The van der Waals surface area contributed by atoms with Crippen LogP contribution in [0.3, 0.4) is 0 Å². The SMILES string of the molecule is CC(C)(N)C(=O)CC1COCCN(C(C)(C)C)C1. The van der Waals surface area contributed by atoms with Crippen LogP contribution in [-0.2, 0) is 9.53 Å². The fourth-order valence-electron chi connectivity index (χ4n) is 2.14. The van der Waals surface area contributed by atoms with Gasteiger partial charge in [-0.2, -0.15) is 0 Å². The van der Waals surface area contributed by atoms with E-state index in [4.69, 9.17) is 10.5 Å². The highest BCUT2D eigenvalue weighted by molar-refractivity contribution is 5.87. The summed E-state index contributed by atoms with van der Waals surface area (Å²) in [7, 11) is 0. The Hall–Kier alpha value is -0.450. The quantitative estimate of drug-likeness (QED) is 0.830. The second-order valence-corrected chi connectivity index (χ2v) is 6.91. The Labute approximate surface area is 111 Å². The minimum Gasteiger partial charge on any atom is -0.380 e. The largest absolute Gasteiger partial charge is 0.380 e. The number of carbonyl (C=O) groups excluding carboxylic acids is 1. The molecule has 1 atom stereocenters. The summed E-state index contributed by atoms with van der Waals surface area (Å²) in [4.78, 5) is 14.4. The molecule has 1 aliphatic rings. The van der Waals surface area contributed by atoms with Gasteiger partial charge in [-0.3, -0.25) is 9.69 Å². The maximum absolute atomic E-state index is 12.0. The Morgan fingerprint density at radius 3 is 2.44 bits per heavy atom. The van der Waals surface area contributed by atoms with Gasteiger partial charge in [0.25, 0.3) is 0 Å². The molecule has 1 aliphatic heterocycles. The number of hydrogen-bond acceptors (Lipinski definition) is 4. The minimum absolute atomic E-state index is 0.117. The zero-order valence-electron chi connectivity index (χ0n) is 12.5. The van der Waals surface area contributed by atoms with Gasteiger partial charge in [-0.25, -0.2) is 0 Å². The molecule has 0 amide bonds. The maximum Gasteiger partial charge on any atom is 0.152 e. The second-order valence-electron chi connectivity index (χ2n) is 6.91. The van der Waals surface area contributed by atoms with E-state index < -0.39 is 5.54 Å². The molecule has 1 rings (SSSR count). The lowest BCUT2D eigenvalue weighted by Crippen LogP contribution is -2.46. The molecule has 0 aromatic rings. The van der Waals surface area contributed by atoms with Crippen molar-refractivity contribution >= 4 is 5.78 Å². The van der Waals surface area contributed by atoms with Crippen LogP contribution in [0.5, 0.6) is 0 Å². The lowest BCUT2D eigenvalue weighted by Gasteiger charge is -2.36. The molecular weight excluding hydrogens is 228 g/mol. The molecule has 0 aromatic carbocycles. The lowest BCUT2D eigenvalue weighted by molar-refractivity contribution is -0.124. The van der Waals surface area contributed by atoms with Crippen LogP contribution < -0.4 is 5.73 Å². The third-order valence-electron chi connectivity index (χ3n) is 3.48. The Morgan fingerprint density at radius 2 is 1.94 bits per heavy atom. The number of ether oxygens (including phenoxy) is 1. The van der Waals surface area contributed by atoms with Crippen molar-refractivity contribution in [3.05, 3.63) is 0 Å².